The van der Waals surface area contributed by atoms with Crippen LogP contribution in [-0.2, 0) is 9.59 Å². The molecule has 0 fully saturated rings. The van der Waals surface area contributed by atoms with Crippen molar-refractivity contribution in [3.05, 3.63) is 54.1 Å². The van der Waals surface area contributed by atoms with Crippen LogP contribution in [0.4, 0.5) is 11.4 Å². The number of hydrogen-bond donors (Lipinski definition) is 4. The molecule has 2 rings (SSSR count). The highest BCUT2D eigenvalue weighted by Crippen LogP contribution is 2.16. The quantitative estimate of drug-likeness (QED) is 0.520. The van der Waals surface area contributed by atoms with Crippen molar-refractivity contribution in [1.29, 1.82) is 0 Å². The minimum absolute atomic E-state index is 0.107. The topological polar surface area (TPSA) is 101 Å². The first kappa shape index (κ1) is 20.9. The van der Waals surface area contributed by atoms with Crippen LogP contribution in [0.5, 0.6) is 5.75 Å². The van der Waals surface area contributed by atoms with Gasteiger partial charge in [0.15, 0.2) is 13.1 Å². The smallest absolute Gasteiger partial charge is 0.279 e. The Bertz CT molecular complexity index is 854. The van der Waals surface area contributed by atoms with Crippen molar-refractivity contribution in [2.24, 2.45) is 0 Å². The zero-order chi connectivity index (χ0) is 20.5. The van der Waals surface area contributed by atoms with Gasteiger partial charge in [0.1, 0.15) is 5.75 Å². The van der Waals surface area contributed by atoms with Gasteiger partial charge in [-0.2, -0.15) is 0 Å². The summed E-state index contributed by atoms with van der Waals surface area (Å²) in [5.41, 5.74) is 1.62. The lowest BCUT2D eigenvalue weighted by Gasteiger charge is -2.14. The van der Waals surface area contributed by atoms with Gasteiger partial charge in [-0.15, -0.1) is 0 Å². The second kappa shape index (κ2) is 10.1. The van der Waals surface area contributed by atoms with Crippen molar-refractivity contribution < 1.29 is 24.0 Å². The van der Waals surface area contributed by atoms with Crippen LogP contribution in [0, 0.1) is 0 Å². The van der Waals surface area contributed by atoms with Crippen molar-refractivity contribution in [2.45, 2.75) is 0 Å². The molecule has 0 aliphatic rings. The summed E-state index contributed by atoms with van der Waals surface area (Å²) in [7, 11) is 4.86. The van der Waals surface area contributed by atoms with Gasteiger partial charge < -0.3 is 25.6 Å². The predicted molar refractivity (Wildman–Crippen MR) is 107 cm³/mol. The number of carbonyl (C=O) groups excluding carboxylic acids is 3. The normalized spacial score (nSPS) is 11.2. The number of carbonyl (C=O) groups is 3. The van der Waals surface area contributed by atoms with E-state index < -0.39 is 0 Å². The predicted octanol–water partition coefficient (Wildman–Crippen LogP) is 0.147. The molecule has 0 heterocycles. The zero-order valence-corrected chi connectivity index (χ0v) is 16.2. The van der Waals surface area contributed by atoms with Gasteiger partial charge in [0.2, 0.25) is 0 Å². The van der Waals surface area contributed by atoms with Gasteiger partial charge in [0, 0.05) is 30.1 Å². The monoisotopic (exact) mass is 385 g/mol. The maximum Gasteiger partial charge on any atom is 0.279 e. The molecule has 0 aromatic heterocycles. The Balaban J connectivity index is 1.85. The van der Waals surface area contributed by atoms with Crippen LogP contribution in [0.15, 0.2) is 48.5 Å². The molecule has 8 heteroatoms. The molecule has 4 N–H and O–H groups in total. The lowest BCUT2D eigenvalue weighted by molar-refractivity contribution is -0.862. The van der Waals surface area contributed by atoms with E-state index in [1.54, 1.807) is 69.7 Å². The molecule has 0 radical (unpaired) electrons. The summed E-state index contributed by atoms with van der Waals surface area (Å²) in [6, 6.07) is 13.7. The third kappa shape index (κ3) is 6.40. The number of rotatable bonds is 8. The Morgan fingerprint density at radius 1 is 0.929 bits per heavy atom. The van der Waals surface area contributed by atoms with Gasteiger partial charge in [0.25, 0.3) is 17.7 Å². The second-order valence-electron chi connectivity index (χ2n) is 6.30. The first-order chi connectivity index (χ1) is 13.4. The molecular weight excluding hydrogens is 360 g/mol. The van der Waals surface area contributed by atoms with Crippen molar-refractivity contribution >= 4 is 29.1 Å². The largest absolute Gasteiger partial charge is 0.497 e. The fourth-order valence-corrected chi connectivity index (χ4v) is 2.60. The number of anilines is 2. The molecule has 0 saturated heterocycles. The molecule has 148 valence electrons. The number of amides is 3. The van der Waals surface area contributed by atoms with Crippen molar-refractivity contribution in [1.82, 2.24) is 5.32 Å². The van der Waals surface area contributed by atoms with Crippen molar-refractivity contribution in [3.63, 3.8) is 0 Å². The van der Waals surface area contributed by atoms with Gasteiger partial charge in [-0.3, -0.25) is 14.4 Å². The second-order valence-corrected chi connectivity index (χ2v) is 6.30. The van der Waals surface area contributed by atoms with Gasteiger partial charge in [-0.25, -0.2) is 0 Å². The van der Waals surface area contributed by atoms with Crippen molar-refractivity contribution in [2.75, 3.05) is 44.9 Å². The van der Waals surface area contributed by atoms with E-state index in [4.69, 9.17) is 4.74 Å². The summed E-state index contributed by atoms with van der Waals surface area (Å²) in [6.07, 6.45) is 0. The summed E-state index contributed by atoms with van der Waals surface area (Å²) in [4.78, 5) is 36.8. The SMILES string of the molecule is CNC(=O)c1cccc(NC(=O)C[NH+](C)CC(=O)Nc2cccc(OC)c2)c1. The lowest BCUT2D eigenvalue weighted by Crippen LogP contribution is -3.11. The number of likely N-dealkylation sites (N-methyl/N-ethyl adjacent to an activating group) is 1. The molecule has 0 aliphatic heterocycles. The Morgan fingerprint density at radius 2 is 1.50 bits per heavy atom. The molecule has 2 aromatic rings. The first-order valence-electron chi connectivity index (χ1n) is 8.78. The van der Waals surface area contributed by atoms with E-state index in [0.717, 1.165) is 4.90 Å². The molecule has 0 aliphatic carbocycles. The maximum absolute atomic E-state index is 12.2. The average molecular weight is 385 g/mol. The Kier molecular flexibility index (Phi) is 7.53. The molecule has 3 amide bonds. The van der Waals surface area contributed by atoms with Crippen LogP contribution in [0.3, 0.4) is 0 Å². The van der Waals surface area contributed by atoms with Crippen LogP contribution < -0.4 is 25.6 Å². The van der Waals surface area contributed by atoms with Crippen LogP contribution in [0.2, 0.25) is 0 Å². The highest BCUT2D eigenvalue weighted by molar-refractivity contribution is 5.97. The number of ether oxygens (including phenoxy) is 1. The molecule has 1 unspecified atom stereocenters. The van der Waals surface area contributed by atoms with Crippen LogP contribution in [0.1, 0.15) is 10.4 Å². The van der Waals surface area contributed by atoms with Gasteiger partial charge in [-0.1, -0.05) is 12.1 Å². The van der Waals surface area contributed by atoms with E-state index in [-0.39, 0.29) is 30.8 Å². The van der Waals surface area contributed by atoms with E-state index in [2.05, 4.69) is 16.0 Å². The van der Waals surface area contributed by atoms with E-state index in [1.807, 2.05) is 0 Å². The molecular formula is C20H25N4O4+. The lowest BCUT2D eigenvalue weighted by atomic mass is 10.2. The van der Waals surface area contributed by atoms with Crippen LogP contribution in [-0.4, -0.2) is 52.0 Å². The summed E-state index contributed by atoms with van der Waals surface area (Å²) >= 11 is 0. The number of benzene rings is 2. The van der Waals surface area contributed by atoms with Crippen LogP contribution in [0.25, 0.3) is 0 Å². The summed E-state index contributed by atoms with van der Waals surface area (Å²) in [5, 5.41) is 8.06. The Hall–Kier alpha value is -3.39. The fourth-order valence-electron chi connectivity index (χ4n) is 2.60. The summed E-state index contributed by atoms with van der Waals surface area (Å²) < 4.78 is 5.12. The first-order valence-corrected chi connectivity index (χ1v) is 8.78. The molecule has 1 atom stereocenters. The number of methoxy groups -OCH3 is 1. The number of nitrogens with one attached hydrogen (secondary N) is 4. The van der Waals surface area contributed by atoms with E-state index in [0.29, 0.717) is 22.7 Å². The standard InChI is InChI=1S/C20H24N4O4/c1-21-20(27)14-6-4-7-15(10-14)22-18(25)12-24(2)13-19(26)23-16-8-5-9-17(11-16)28-3/h4-11H,12-13H2,1-3H3,(H,21,27)(H,22,25)(H,23,26)/p+1. The average Bonchev–Trinajstić information content (AvgIpc) is 2.67. The molecule has 0 spiro atoms. The molecule has 0 saturated carbocycles. The third-order valence-corrected chi connectivity index (χ3v) is 3.91. The minimum atomic E-state index is -0.249. The van der Waals surface area contributed by atoms with Gasteiger partial charge >= 0.3 is 0 Å². The summed E-state index contributed by atoms with van der Waals surface area (Å²) in [6.45, 7) is 0.235. The highest BCUT2D eigenvalue weighted by atomic mass is 16.5. The zero-order valence-electron chi connectivity index (χ0n) is 16.2. The molecule has 28 heavy (non-hydrogen) atoms. The molecule has 2 aromatic carbocycles. The third-order valence-electron chi connectivity index (χ3n) is 3.91. The maximum atomic E-state index is 12.2. The number of quaternary nitrogens is 1. The molecule has 0 bridgehead atoms. The Labute approximate surface area is 163 Å². The highest BCUT2D eigenvalue weighted by Gasteiger charge is 2.15. The van der Waals surface area contributed by atoms with Gasteiger partial charge in [-0.05, 0) is 30.3 Å². The van der Waals surface area contributed by atoms with Gasteiger partial charge in [0.05, 0.1) is 14.2 Å². The Morgan fingerprint density at radius 3 is 2.07 bits per heavy atom. The summed E-state index contributed by atoms with van der Waals surface area (Å²) in [5.74, 6) is -0.0363. The van der Waals surface area contributed by atoms with E-state index in [1.165, 1.54) is 0 Å². The molecule has 8 nitrogen and oxygen atoms in total. The number of hydrogen-bond acceptors (Lipinski definition) is 4. The van der Waals surface area contributed by atoms with E-state index in [9.17, 15) is 14.4 Å². The van der Waals surface area contributed by atoms with E-state index >= 15 is 0 Å². The van der Waals surface area contributed by atoms with Crippen LogP contribution >= 0.6 is 0 Å². The van der Waals surface area contributed by atoms with Crippen molar-refractivity contribution in [3.8, 4) is 5.75 Å². The minimum Gasteiger partial charge on any atom is -0.497 e. The fraction of sp³-hybridized carbons (Fsp3) is 0.250.